The number of carbonyl (C=O) groups is 1. The lowest BCUT2D eigenvalue weighted by atomic mass is 10.1. The van der Waals surface area contributed by atoms with E-state index in [0.29, 0.717) is 23.1 Å². The third-order valence-corrected chi connectivity index (χ3v) is 5.97. The molecule has 5 nitrogen and oxygen atoms in total. The number of hydrogen-bond donors (Lipinski definition) is 1. The molecule has 0 saturated carbocycles. The molecule has 2 aliphatic rings. The van der Waals surface area contributed by atoms with Crippen molar-refractivity contribution in [1.29, 1.82) is 0 Å². The minimum Gasteiger partial charge on any atom is -0.407 e. The van der Waals surface area contributed by atoms with E-state index in [9.17, 15) is 4.79 Å². The van der Waals surface area contributed by atoms with Crippen LogP contribution in [0.15, 0.2) is 11.1 Å². The van der Waals surface area contributed by atoms with E-state index in [2.05, 4.69) is 17.1 Å². The predicted octanol–water partition coefficient (Wildman–Crippen LogP) is 6.47. The summed E-state index contributed by atoms with van der Waals surface area (Å²) in [6, 6.07) is 1.76. The van der Waals surface area contributed by atoms with Crippen LogP contribution in [0.25, 0.3) is 0 Å². The maximum Gasteiger partial charge on any atom is 0.412 e. The predicted molar refractivity (Wildman–Crippen MR) is 115 cm³/mol. The van der Waals surface area contributed by atoms with Gasteiger partial charge in [-0.05, 0) is 25.3 Å². The first kappa shape index (κ1) is 21.3. The number of unbranched alkanes of at least 4 members (excludes halogenated alkanes) is 4. The quantitative estimate of drug-likeness (QED) is 0.508. The van der Waals surface area contributed by atoms with E-state index in [-0.39, 0.29) is 5.75 Å². The molecular weight excluding hydrogens is 397 g/mol. The number of halogens is 2. The Morgan fingerprint density at radius 2 is 2.04 bits per heavy atom. The van der Waals surface area contributed by atoms with Crippen LogP contribution in [0.3, 0.4) is 0 Å². The fourth-order valence-corrected chi connectivity index (χ4v) is 4.28. The van der Waals surface area contributed by atoms with Crippen LogP contribution in [0.4, 0.5) is 10.5 Å². The van der Waals surface area contributed by atoms with E-state index in [1.165, 1.54) is 25.7 Å². The number of amides is 1. The van der Waals surface area contributed by atoms with Gasteiger partial charge in [0.1, 0.15) is 5.84 Å². The lowest BCUT2D eigenvalue weighted by molar-refractivity contribution is 0.200. The van der Waals surface area contributed by atoms with Crippen LogP contribution < -0.4 is 10.1 Å². The van der Waals surface area contributed by atoms with Gasteiger partial charge in [-0.25, -0.2) is 9.79 Å². The largest absolute Gasteiger partial charge is 0.412 e. The molecule has 0 unspecified atom stereocenters. The molecule has 1 N–H and O–H groups in total. The fourth-order valence-electron chi connectivity index (χ4n) is 3.70. The van der Waals surface area contributed by atoms with Gasteiger partial charge in [-0.1, -0.05) is 62.2 Å². The van der Waals surface area contributed by atoms with E-state index in [4.69, 9.17) is 32.9 Å². The van der Waals surface area contributed by atoms with Gasteiger partial charge < -0.3 is 15.0 Å². The molecular formula is C21H29Cl2N3O2. The van der Waals surface area contributed by atoms with Crippen molar-refractivity contribution in [2.24, 2.45) is 4.99 Å². The molecule has 2 aliphatic heterocycles. The monoisotopic (exact) mass is 425 g/mol. The average Bonchev–Trinajstić information content (AvgIpc) is 2.91. The molecule has 154 valence electrons. The van der Waals surface area contributed by atoms with Crippen molar-refractivity contribution < 1.29 is 9.53 Å². The summed E-state index contributed by atoms with van der Waals surface area (Å²) in [7, 11) is 0. The second-order valence-electron chi connectivity index (χ2n) is 7.49. The van der Waals surface area contributed by atoms with Crippen molar-refractivity contribution in [1.82, 2.24) is 10.2 Å². The van der Waals surface area contributed by atoms with Crippen LogP contribution in [0.5, 0.6) is 5.75 Å². The first-order valence-corrected chi connectivity index (χ1v) is 11.1. The van der Waals surface area contributed by atoms with Gasteiger partial charge in [0.15, 0.2) is 5.75 Å². The maximum absolute atomic E-state index is 12.2. The molecule has 0 atom stereocenters. The Bertz CT molecular complexity index is 737. The number of benzene rings is 1. The molecule has 2 heterocycles. The number of carbonyl (C=O) groups excluding carboxylic acids is 1. The lowest BCUT2D eigenvalue weighted by Crippen LogP contribution is -2.32. The summed E-state index contributed by atoms with van der Waals surface area (Å²) in [5.74, 6) is 1.32. The van der Waals surface area contributed by atoms with Gasteiger partial charge in [-0.15, -0.1) is 0 Å². The van der Waals surface area contributed by atoms with E-state index in [1.807, 2.05) is 0 Å². The minimum atomic E-state index is -0.519. The molecule has 0 radical (unpaired) electrons. The smallest absolute Gasteiger partial charge is 0.407 e. The second kappa shape index (κ2) is 10.4. The van der Waals surface area contributed by atoms with E-state index >= 15 is 0 Å². The summed E-state index contributed by atoms with van der Waals surface area (Å²) in [5, 5.41) is 3.47. The van der Waals surface area contributed by atoms with Crippen molar-refractivity contribution in [2.45, 2.75) is 71.3 Å². The Balaban J connectivity index is 1.65. The number of nitrogens with zero attached hydrogens (tertiary/aromatic N) is 2. The van der Waals surface area contributed by atoms with E-state index in [0.717, 1.165) is 55.7 Å². The van der Waals surface area contributed by atoms with Crippen molar-refractivity contribution in [3.8, 4) is 5.75 Å². The van der Waals surface area contributed by atoms with Crippen LogP contribution in [-0.2, 0) is 6.54 Å². The van der Waals surface area contributed by atoms with Crippen LogP contribution >= 0.6 is 23.2 Å². The summed E-state index contributed by atoms with van der Waals surface area (Å²) >= 11 is 12.9. The number of aliphatic imine (C=N–C) groups is 1. The van der Waals surface area contributed by atoms with E-state index in [1.54, 1.807) is 6.07 Å². The van der Waals surface area contributed by atoms with Gasteiger partial charge in [0.05, 0.1) is 15.7 Å². The highest BCUT2D eigenvalue weighted by Crippen LogP contribution is 2.44. The fraction of sp³-hybridized carbons (Fsp3) is 0.619. The van der Waals surface area contributed by atoms with Gasteiger partial charge in [-0.2, -0.15) is 0 Å². The molecule has 1 aromatic carbocycles. The zero-order valence-corrected chi connectivity index (χ0v) is 18.0. The van der Waals surface area contributed by atoms with Gasteiger partial charge in [0, 0.05) is 31.6 Å². The minimum absolute atomic E-state index is 0.221. The van der Waals surface area contributed by atoms with Gasteiger partial charge in [0.25, 0.3) is 0 Å². The van der Waals surface area contributed by atoms with Gasteiger partial charge in [-0.3, -0.25) is 0 Å². The standard InChI is InChI=1S/C21H29Cl2N3O2/c1-2-3-4-5-8-11-24-21(27)28-20-16(22)13-17-15(19(20)23)14-26-12-9-6-7-10-18(26)25-17/h13H,2-12,14H2,1H3,(H,24,27). The first-order chi connectivity index (χ1) is 13.6. The molecule has 1 amide bonds. The van der Waals surface area contributed by atoms with Gasteiger partial charge in [0.2, 0.25) is 0 Å². The second-order valence-corrected chi connectivity index (χ2v) is 8.28. The molecule has 7 heteroatoms. The zero-order valence-electron chi connectivity index (χ0n) is 16.5. The van der Waals surface area contributed by atoms with Gasteiger partial charge >= 0.3 is 6.09 Å². The molecule has 0 aliphatic carbocycles. The molecule has 1 fully saturated rings. The average molecular weight is 426 g/mol. The summed E-state index contributed by atoms with van der Waals surface area (Å²) in [4.78, 5) is 19.2. The Morgan fingerprint density at radius 3 is 2.86 bits per heavy atom. The van der Waals surface area contributed by atoms with Crippen molar-refractivity contribution in [2.75, 3.05) is 13.1 Å². The normalized spacial score (nSPS) is 16.0. The van der Waals surface area contributed by atoms with Crippen molar-refractivity contribution in [3.05, 3.63) is 21.7 Å². The number of nitrogens with one attached hydrogen (secondary N) is 1. The molecule has 0 aromatic heterocycles. The highest BCUT2D eigenvalue weighted by atomic mass is 35.5. The highest BCUT2D eigenvalue weighted by Gasteiger charge is 2.27. The molecule has 0 bridgehead atoms. The summed E-state index contributed by atoms with van der Waals surface area (Å²) in [6.07, 6.45) is 9.65. The van der Waals surface area contributed by atoms with Crippen LogP contribution in [-0.4, -0.2) is 29.9 Å². The Hall–Kier alpha value is -1.46. The topological polar surface area (TPSA) is 53.9 Å². The third-order valence-electron chi connectivity index (χ3n) is 5.29. The van der Waals surface area contributed by atoms with Crippen LogP contribution in [0.2, 0.25) is 10.0 Å². The van der Waals surface area contributed by atoms with Crippen molar-refractivity contribution >= 4 is 40.8 Å². The van der Waals surface area contributed by atoms with E-state index < -0.39 is 6.09 Å². The Kier molecular flexibility index (Phi) is 7.86. The third kappa shape index (κ3) is 5.32. The van der Waals surface area contributed by atoms with Crippen LogP contribution in [0.1, 0.15) is 70.3 Å². The van der Waals surface area contributed by atoms with Crippen LogP contribution in [0, 0.1) is 0 Å². The van der Waals surface area contributed by atoms with Crippen molar-refractivity contribution in [3.63, 3.8) is 0 Å². The number of ether oxygens (including phenoxy) is 1. The lowest BCUT2D eigenvalue weighted by Gasteiger charge is -2.30. The Labute approximate surface area is 177 Å². The number of amidine groups is 1. The molecule has 1 saturated heterocycles. The molecule has 0 spiro atoms. The summed E-state index contributed by atoms with van der Waals surface area (Å²) in [5.41, 5.74) is 1.66. The number of fused-ring (bicyclic) bond motifs is 2. The maximum atomic E-state index is 12.2. The highest BCUT2D eigenvalue weighted by molar-refractivity contribution is 6.38. The molecule has 28 heavy (non-hydrogen) atoms. The summed E-state index contributed by atoms with van der Waals surface area (Å²) < 4.78 is 5.45. The molecule has 1 aromatic rings. The first-order valence-electron chi connectivity index (χ1n) is 10.4. The summed E-state index contributed by atoms with van der Waals surface area (Å²) in [6.45, 7) is 4.43. The zero-order chi connectivity index (χ0) is 19.9. The Morgan fingerprint density at radius 1 is 1.21 bits per heavy atom. The SMILES string of the molecule is CCCCCCCNC(=O)Oc1c(Cl)cc2c(c1Cl)CN1CCCCCC1=N2. The molecule has 3 rings (SSSR count). The number of hydrogen-bond acceptors (Lipinski definition) is 4. The number of rotatable bonds is 7.